The SMILES string of the molecule is CNC(=O)Nc1cc(Nc2cc3c(s2)C(=O)NC32CCCCC2)ncn1. The average molecular weight is 372 g/mol. The molecule has 1 spiro atoms. The maximum atomic E-state index is 12.4. The summed E-state index contributed by atoms with van der Waals surface area (Å²) in [6.07, 6.45) is 6.87. The quantitative estimate of drug-likeness (QED) is 0.662. The molecule has 26 heavy (non-hydrogen) atoms. The summed E-state index contributed by atoms with van der Waals surface area (Å²) < 4.78 is 0. The van der Waals surface area contributed by atoms with Gasteiger partial charge in [0.2, 0.25) is 0 Å². The molecular weight excluding hydrogens is 352 g/mol. The molecule has 1 aliphatic carbocycles. The molecule has 0 radical (unpaired) electrons. The van der Waals surface area contributed by atoms with Gasteiger partial charge in [-0.1, -0.05) is 19.3 Å². The van der Waals surface area contributed by atoms with E-state index in [9.17, 15) is 9.59 Å². The van der Waals surface area contributed by atoms with Gasteiger partial charge >= 0.3 is 6.03 Å². The van der Waals surface area contributed by atoms with E-state index in [4.69, 9.17) is 0 Å². The van der Waals surface area contributed by atoms with Crippen LogP contribution in [0.4, 0.5) is 21.4 Å². The summed E-state index contributed by atoms with van der Waals surface area (Å²) in [7, 11) is 1.54. The van der Waals surface area contributed by atoms with Crippen LogP contribution in [0.2, 0.25) is 0 Å². The van der Waals surface area contributed by atoms with E-state index in [0.717, 1.165) is 41.1 Å². The fourth-order valence-electron chi connectivity index (χ4n) is 3.67. The van der Waals surface area contributed by atoms with E-state index in [-0.39, 0.29) is 17.5 Å². The zero-order valence-electron chi connectivity index (χ0n) is 14.4. The van der Waals surface area contributed by atoms with Crippen molar-refractivity contribution in [3.05, 3.63) is 28.9 Å². The van der Waals surface area contributed by atoms with Crippen LogP contribution < -0.4 is 21.3 Å². The first kappa shape index (κ1) is 16.8. The summed E-state index contributed by atoms with van der Waals surface area (Å²) in [5.41, 5.74) is 0.908. The third kappa shape index (κ3) is 2.98. The largest absolute Gasteiger partial charge is 0.342 e. The number of anilines is 3. The summed E-state index contributed by atoms with van der Waals surface area (Å²) in [5, 5.41) is 12.4. The Balaban J connectivity index is 1.56. The predicted molar refractivity (Wildman–Crippen MR) is 99.9 cm³/mol. The van der Waals surface area contributed by atoms with Crippen LogP contribution in [-0.4, -0.2) is 29.0 Å². The Kier molecular flexibility index (Phi) is 4.23. The van der Waals surface area contributed by atoms with Crippen molar-refractivity contribution < 1.29 is 9.59 Å². The molecule has 2 aliphatic rings. The number of aromatic nitrogens is 2. The molecule has 3 heterocycles. The van der Waals surface area contributed by atoms with Crippen molar-refractivity contribution in [3.63, 3.8) is 0 Å². The van der Waals surface area contributed by atoms with Gasteiger partial charge in [0.15, 0.2) is 0 Å². The molecule has 1 fully saturated rings. The highest BCUT2D eigenvalue weighted by atomic mass is 32.1. The summed E-state index contributed by atoms with van der Waals surface area (Å²) in [4.78, 5) is 32.8. The maximum Gasteiger partial charge on any atom is 0.320 e. The van der Waals surface area contributed by atoms with Crippen molar-refractivity contribution in [3.8, 4) is 0 Å². The normalized spacial score (nSPS) is 17.5. The molecule has 0 aromatic carbocycles. The first-order valence-corrected chi connectivity index (χ1v) is 9.46. The summed E-state index contributed by atoms with van der Waals surface area (Å²) in [6, 6.07) is 3.36. The van der Waals surface area contributed by atoms with Crippen molar-refractivity contribution in [1.82, 2.24) is 20.6 Å². The second-order valence-corrected chi connectivity index (χ2v) is 7.62. The summed E-state index contributed by atoms with van der Waals surface area (Å²) in [5.74, 6) is 0.974. The lowest BCUT2D eigenvalue weighted by Crippen LogP contribution is -2.40. The molecule has 0 bridgehead atoms. The van der Waals surface area contributed by atoms with Crippen LogP contribution in [0.25, 0.3) is 0 Å². The van der Waals surface area contributed by atoms with Crippen molar-refractivity contribution in [1.29, 1.82) is 0 Å². The Labute approximate surface area is 154 Å². The lowest BCUT2D eigenvalue weighted by molar-refractivity contribution is 0.0912. The van der Waals surface area contributed by atoms with E-state index < -0.39 is 0 Å². The van der Waals surface area contributed by atoms with E-state index in [0.29, 0.717) is 11.6 Å². The number of rotatable bonds is 3. The van der Waals surface area contributed by atoms with Gasteiger partial charge in [0.05, 0.1) is 15.4 Å². The Hall–Kier alpha value is -2.68. The Bertz CT molecular complexity index is 859. The highest BCUT2D eigenvalue weighted by molar-refractivity contribution is 7.18. The number of nitrogens with zero attached hydrogens (tertiary/aromatic N) is 2. The Morgan fingerprint density at radius 2 is 1.96 bits per heavy atom. The van der Waals surface area contributed by atoms with Gasteiger partial charge in [-0.05, 0) is 18.9 Å². The molecule has 136 valence electrons. The minimum Gasteiger partial charge on any atom is -0.342 e. The van der Waals surface area contributed by atoms with Crippen LogP contribution >= 0.6 is 11.3 Å². The van der Waals surface area contributed by atoms with Crippen molar-refractivity contribution in [2.45, 2.75) is 37.6 Å². The van der Waals surface area contributed by atoms with Gasteiger partial charge in [-0.15, -0.1) is 11.3 Å². The molecule has 0 unspecified atom stereocenters. The summed E-state index contributed by atoms with van der Waals surface area (Å²) >= 11 is 1.43. The molecule has 8 nitrogen and oxygen atoms in total. The minimum atomic E-state index is -0.347. The number of carbonyl (C=O) groups is 2. The lowest BCUT2D eigenvalue weighted by Gasteiger charge is -2.33. The van der Waals surface area contributed by atoms with Crippen LogP contribution in [0.3, 0.4) is 0 Å². The predicted octanol–water partition coefficient (Wildman–Crippen LogP) is 2.94. The summed E-state index contributed by atoms with van der Waals surface area (Å²) in [6.45, 7) is 0. The van der Waals surface area contributed by atoms with E-state index in [2.05, 4.69) is 37.3 Å². The van der Waals surface area contributed by atoms with Gasteiger partial charge in [0.25, 0.3) is 5.91 Å². The smallest absolute Gasteiger partial charge is 0.320 e. The van der Waals surface area contributed by atoms with Crippen LogP contribution in [0, 0.1) is 0 Å². The van der Waals surface area contributed by atoms with Crippen molar-refractivity contribution in [2.75, 3.05) is 17.7 Å². The van der Waals surface area contributed by atoms with Gasteiger partial charge < -0.3 is 16.0 Å². The van der Waals surface area contributed by atoms with Crippen LogP contribution in [-0.2, 0) is 5.54 Å². The number of hydrogen-bond donors (Lipinski definition) is 4. The molecule has 4 rings (SSSR count). The van der Waals surface area contributed by atoms with Crippen LogP contribution in [0.5, 0.6) is 0 Å². The molecule has 2 aromatic heterocycles. The zero-order valence-corrected chi connectivity index (χ0v) is 15.2. The molecule has 3 amide bonds. The minimum absolute atomic E-state index is 0.0182. The number of fused-ring (bicyclic) bond motifs is 2. The average Bonchev–Trinajstić information content (AvgIpc) is 3.16. The topological polar surface area (TPSA) is 108 Å². The second-order valence-electron chi connectivity index (χ2n) is 6.57. The molecular formula is C17H20N6O2S. The zero-order chi connectivity index (χ0) is 18.1. The second kappa shape index (κ2) is 6.56. The Morgan fingerprint density at radius 3 is 2.73 bits per heavy atom. The molecule has 4 N–H and O–H groups in total. The number of hydrogen-bond acceptors (Lipinski definition) is 6. The van der Waals surface area contributed by atoms with Gasteiger partial charge in [0, 0.05) is 18.7 Å². The first-order valence-electron chi connectivity index (χ1n) is 8.64. The number of carbonyl (C=O) groups excluding carboxylic acids is 2. The monoisotopic (exact) mass is 372 g/mol. The van der Waals surface area contributed by atoms with Crippen LogP contribution in [0.15, 0.2) is 18.5 Å². The van der Waals surface area contributed by atoms with Gasteiger partial charge in [-0.25, -0.2) is 14.8 Å². The number of amides is 3. The molecule has 0 atom stereocenters. The lowest BCUT2D eigenvalue weighted by atomic mass is 9.78. The van der Waals surface area contributed by atoms with E-state index in [1.54, 1.807) is 6.07 Å². The molecule has 1 aliphatic heterocycles. The maximum absolute atomic E-state index is 12.4. The third-order valence-electron chi connectivity index (χ3n) is 4.90. The first-order chi connectivity index (χ1) is 12.6. The van der Waals surface area contributed by atoms with Crippen molar-refractivity contribution in [2.24, 2.45) is 0 Å². The fraction of sp³-hybridized carbons (Fsp3) is 0.412. The van der Waals surface area contributed by atoms with Gasteiger partial charge in [-0.3, -0.25) is 10.1 Å². The number of thiophene rings is 1. The van der Waals surface area contributed by atoms with Gasteiger partial charge in [0.1, 0.15) is 18.0 Å². The number of urea groups is 1. The molecule has 9 heteroatoms. The fourth-order valence-corrected chi connectivity index (χ4v) is 4.73. The highest BCUT2D eigenvalue weighted by Crippen LogP contribution is 2.47. The highest BCUT2D eigenvalue weighted by Gasteiger charge is 2.44. The number of nitrogens with one attached hydrogen (secondary N) is 4. The van der Waals surface area contributed by atoms with E-state index in [1.807, 2.05) is 0 Å². The molecule has 2 aromatic rings. The van der Waals surface area contributed by atoms with Crippen LogP contribution in [0.1, 0.15) is 47.3 Å². The molecule has 1 saturated carbocycles. The van der Waals surface area contributed by atoms with Gasteiger partial charge in [-0.2, -0.15) is 0 Å². The standard InChI is InChI=1S/C17H20N6O2S/c1-18-16(25)22-12-8-11(19-9-20-12)21-13-7-10-14(26-13)15(24)23-17(10)5-3-2-4-6-17/h7-9H,2-6H2,1H3,(H,23,24)(H3,18,19,20,21,22,25). The van der Waals surface area contributed by atoms with E-state index in [1.165, 1.54) is 31.1 Å². The van der Waals surface area contributed by atoms with Crippen molar-refractivity contribution >= 4 is 39.9 Å². The Morgan fingerprint density at radius 1 is 1.19 bits per heavy atom. The van der Waals surface area contributed by atoms with E-state index >= 15 is 0 Å². The molecule has 0 saturated heterocycles. The third-order valence-corrected chi connectivity index (χ3v) is 5.95.